The van der Waals surface area contributed by atoms with Gasteiger partial charge in [0.25, 0.3) is 5.91 Å². The maximum absolute atomic E-state index is 12.8. The van der Waals surface area contributed by atoms with Crippen molar-refractivity contribution < 1.29 is 14.3 Å². The van der Waals surface area contributed by atoms with Gasteiger partial charge in [0.1, 0.15) is 5.69 Å². The summed E-state index contributed by atoms with van der Waals surface area (Å²) in [7, 11) is 3.17. The number of benzene rings is 1. The lowest BCUT2D eigenvalue weighted by Gasteiger charge is -2.15. The van der Waals surface area contributed by atoms with E-state index in [-0.39, 0.29) is 11.8 Å². The van der Waals surface area contributed by atoms with Crippen molar-refractivity contribution in [1.82, 2.24) is 9.88 Å². The maximum Gasteiger partial charge on any atom is 0.274 e. The second kappa shape index (κ2) is 5.50. The third kappa shape index (κ3) is 2.38. The minimum atomic E-state index is -0.102. The third-order valence-electron chi connectivity index (χ3n) is 4.35. The predicted molar refractivity (Wildman–Crippen MR) is 89.9 cm³/mol. The van der Waals surface area contributed by atoms with Crippen molar-refractivity contribution in [3.05, 3.63) is 48.3 Å². The van der Waals surface area contributed by atoms with Crippen LogP contribution in [-0.2, 0) is 0 Å². The number of likely N-dealkylation sites (tertiary alicyclic amines) is 1. The maximum atomic E-state index is 12.8. The largest absolute Gasteiger partial charge is 0.493 e. The molecule has 0 aliphatic carbocycles. The highest BCUT2D eigenvalue weighted by Crippen LogP contribution is 2.34. The number of aromatic nitrogens is 1. The lowest BCUT2D eigenvalue weighted by molar-refractivity contribution is 0.0816. The van der Waals surface area contributed by atoms with Crippen molar-refractivity contribution in [2.24, 2.45) is 5.92 Å². The molecular formula is C18H20N2O3. The van der Waals surface area contributed by atoms with Crippen molar-refractivity contribution >= 4 is 16.8 Å². The molecule has 1 saturated heterocycles. The molecule has 0 radical (unpaired) electrons. The Morgan fingerprint density at radius 1 is 1.22 bits per heavy atom. The number of amides is 1. The van der Waals surface area contributed by atoms with Crippen LogP contribution in [-0.4, -0.2) is 36.6 Å². The topological polar surface area (TPSA) is 54.6 Å². The molecule has 1 atom stereocenters. The fourth-order valence-electron chi connectivity index (χ4n) is 2.88. The Morgan fingerprint density at radius 3 is 2.43 bits per heavy atom. The van der Waals surface area contributed by atoms with E-state index in [0.717, 1.165) is 16.5 Å². The predicted octanol–water partition coefficient (Wildman–Crippen LogP) is 3.35. The molecule has 0 spiro atoms. The number of carbonyl (C=O) groups excluding carboxylic acids is 1. The average molecular weight is 312 g/mol. The standard InChI is InChI=1S/C18H20N2O3/c1-10-9-20(12(3)11(10)2)18(21)15-6-13-7-16(22-4)17(23-5)8-14(13)19-15/h6-8,10,19H,2-3,9H2,1,4-5H3. The summed E-state index contributed by atoms with van der Waals surface area (Å²) in [5.74, 6) is 1.38. The van der Waals surface area contributed by atoms with Gasteiger partial charge in [-0.2, -0.15) is 0 Å². The number of carbonyl (C=O) groups is 1. The van der Waals surface area contributed by atoms with E-state index in [4.69, 9.17) is 9.47 Å². The molecule has 1 aliphatic rings. The van der Waals surface area contributed by atoms with Crippen LogP contribution < -0.4 is 9.47 Å². The molecule has 5 nitrogen and oxygen atoms in total. The molecule has 3 rings (SSSR count). The number of methoxy groups -OCH3 is 2. The monoisotopic (exact) mass is 312 g/mol. The van der Waals surface area contributed by atoms with E-state index in [1.165, 1.54) is 0 Å². The molecule has 1 amide bonds. The van der Waals surface area contributed by atoms with E-state index < -0.39 is 0 Å². The minimum absolute atomic E-state index is 0.102. The zero-order valence-corrected chi connectivity index (χ0v) is 13.6. The summed E-state index contributed by atoms with van der Waals surface area (Å²) in [5, 5.41) is 0.891. The van der Waals surface area contributed by atoms with E-state index in [0.29, 0.717) is 29.4 Å². The Bertz CT molecular complexity index is 778. The van der Waals surface area contributed by atoms with Crippen LogP contribution in [0.2, 0.25) is 0 Å². The van der Waals surface area contributed by atoms with E-state index in [1.54, 1.807) is 19.1 Å². The van der Waals surface area contributed by atoms with Crippen molar-refractivity contribution in [2.45, 2.75) is 6.92 Å². The summed E-state index contributed by atoms with van der Waals surface area (Å²) in [5.41, 5.74) is 2.94. The first kappa shape index (κ1) is 15.2. The van der Waals surface area contributed by atoms with Crippen LogP contribution in [0.5, 0.6) is 11.5 Å². The number of hydrogen-bond donors (Lipinski definition) is 1. The van der Waals surface area contributed by atoms with Gasteiger partial charge in [0.05, 0.1) is 14.2 Å². The first-order chi connectivity index (χ1) is 11.0. The molecule has 1 aliphatic heterocycles. The second-order valence-corrected chi connectivity index (χ2v) is 5.77. The molecule has 0 bridgehead atoms. The molecule has 1 N–H and O–H groups in total. The van der Waals surface area contributed by atoms with Gasteiger partial charge in [-0.05, 0) is 17.7 Å². The molecule has 2 heterocycles. The third-order valence-corrected chi connectivity index (χ3v) is 4.35. The summed E-state index contributed by atoms with van der Waals surface area (Å²) in [6.07, 6.45) is 0. The molecule has 1 aromatic carbocycles. The van der Waals surface area contributed by atoms with Gasteiger partial charge in [-0.25, -0.2) is 0 Å². The van der Waals surface area contributed by atoms with Crippen LogP contribution in [0.1, 0.15) is 17.4 Å². The Labute approximate surface area is 135 Å². The molecule has 1 fully saturated rings. The summed E-state index contributed by atoms with van der Waals surface area (Å²) < 4.78 is 10.6. The lowest BCUT2D eigenvalue weighted by atomic mass is 10.1. The molecular weight excluding hydrogens is 292 g/mol. The molecule has 120 valence electrons. The Kier molecular flexibility index (Phi) is 3.64. The van der Waals surface area contributed by atoms with Crippen LogP contribution >= 0.6 is 0 Å². The van der Waals surface area contributed by atoms with Gasteiger partial charge < -0.3 is 19.4 Å². The second-order valence-electron chi connectivity index (χ2n) is 5.77. The van der Waals surface area contributed by atoms with Gasteiger partial charge in [0.2, 0.25) is 0 Å². The van der Waals surface area contributed by atoms with Gasteiger partial charge in [-0.3, -0.25) is 4.79 Å². The zero-order chi connectivity index (χ0) is 16.7. The SMILES string of the molecule is C=C1C(=C)N(C(=O)c2cc3cc(OC)c(OC)cc3[nH]2)CC1C. The number of hydrogen-bond acceptors (Lipinski definition) is 3. The average Bonchev–Trinajstić information content (AvgIpc) is 3.08. The fraction of sp³-hybridized carbons (Fsp3) is 0.278. The highest BCUT2D eigenvalue weighted by Gasteiger charge is 2.31. The van der Waals surface area contributed by atoms with E-state index in [1.807, 2.05) is 25.1 Å². The molecule has 1 unspecified atom stereocenters. The first-order valence-electron chi connectivity index (χ1n) is 7.41. The van der Waals surface area contributed by atoms with Crippen molar-refractivity contribution in [3.8, 4) is 11.5 Å². The molecule has 2 aromatic rings. The quantitative estimate of drug-likeness (QED) is 0.945. The van der Waals surface area contributed by atoms with Crippen LogP contribution in [0.25, 0.3) is 10.9 Å². The minimum Gasteiger partial charge on any atom is -0.493 e. The zero-order valence-electron chi connectivity index (χ0n) is 13.6. The Morgan fingerprint density at radius 2 is 1.87 bits per heavy atom. The summed E-state index contributed by atoms with van der Waals surface area (Å²) >= 11 is 0. The van der Waals surface area contributed by atoms with Crippen molar-refractivity contribution in [2.75, 3.05) is 20.8 Å². The number of aromatic amines is 1. The number of ether oxygens (including phenoxy) is 2. The van der Waals surface area contributed by atoms with Gasteiger partial charge >= 0.3 is 0 Å². The first-order valence-corrected chi connectivity index (χ1v) is 7.41. The van der Waals surface area contributed by atoms with Crippen LogP contribution in [0.4, 0.5) is 0 Å². The molecule has 0 saturated carbocycles. The summed E-state index contributed by atoms with van der Waals surface area (Å²) in [6.45, 7) is 10.6. The van der Waals surface area contributed by atoms with Gasteiger partial charge in [0.15, 0.2) is 11.5 Å². The van der Waals surface area contributed by atoms with E-state index in [2.05, 4.69) is 18.1 Å². The number of nitrogens with one attached hydrogen (secondary N) is 1. The van der Waals surface area contributed by atoms with E-state index in [9.17, 15) is 4.79 Å². The number of nitrogens with zero attached hydrogens (tertiary/aromatic N) is 1. The van der Waals surface area contributed by atoms with Gasteiger partial charge in [-0.15, -0.1) is 0 Å². The van der Waals surface area contributed by atoms with Crippen LogP contribution in [0.15, 0.2) is 42.6 Å². The molecule has 1 aromatic heterocycles. The Hall–Kier alpha value is -2.69. The number of H-pyrrole nitrogens is 1. The van der Waals surface area contributed by atoms with E-state index >= 15 is 0 Å². The number of rotatable bonds is 3. The molecule has 23 heavy (non-hydrogen) atoms. The Balaban J connectivity index is 1.99. The summed E-state index contributed by atoms with van der Waals surface area (Å²) in [4.78, 5) is 17.6. The van der Waals surface area contributed by atoms with Crippen LogP contribution in [0, 0.1) is 5.92 Å². The number of fused-ring (bicyclic) bond motifs is 1. The van der Waals surface area contributed by atoms with Gasteiger partial charge in [0, 0.05) is 35.1 Å². The normalized spacial score (nSPS) is 17.9. The lowest BCUT2D eigenvalue weighted by Crippen LogP contribution is -2.27. The van der Waals surface area contributed by atoms with Crippen molar-refractivity contribution in [1.29, 1.82) is 0 Å². The van der Waals surface area contributed by atoms with Gasteiger partial charge in [-0.1, -0.05) is 20.1 Å². The fourth-order valence-corrected chi connectivity index (χ4v) is 2.88. The highest BCUT2D eigenvalue weighted by atomic mass is 16.5. The van der Waals surface area contributed by atoms with Crippen molar-refractivity contribution in [3.63, 3.8) is 0 Å². The number of allylic oxidation sites excluding steroid dienone is 1. The summed E-state index contributed by atoms with van der Waals surface area (Å²) in [6, 6.07) is 5.49. The van der Waals surface area contributed by atoms with Crippen LogP contribution in [0.3, 0.4) is 0 Å². The molecule has 5 heteroatoms. The smallest absolute Gasteiger partial charge is 0.274 e. The highest BCUT2D eigenvalue weighted by molar-refractivity contribution is 6.00.